The lowest BCUT2D eigenvalue weighted by molar-refractivity contribution is -0.0648. The van der Waals surface area contributed by atoms with Gasteiger partial charge in [0.1, 0.15) is 0 Å². The van der Waals surface area contributed by atoms with E-state index in [-0.39, 0.29) is 12.4 Å². The fourth-order valence-corrected chi connectivity index (χ4v) is 3.37. The summed E-state index contributed by atoms with van der Waals surface area (Å²) in [4.78, 5) is 2.43. The fraction of sp³-hybridized carbons (Fsp3) is 0.647. The number of benzene rings is 1. The van der Waals surface area contributed by atoms with Gasteiger partial charge in [-0.1, -0.05) is 57.0 Å². The predicted molar refractivity (Wildman–Crippen MR) is 87.3 cm³/mol. The largest absolute Gasteiger partial charge is 0.385 e. The van der Waals surface area contributed by atoms with E-state index in [0.717, 1.165) is 44.5 Å². The fourth-order valence-electron chi connectivity index (χ4n) is 3.37. The van der Waals surface area contributed by atoms with Gasteiger partial charge in [0.2, 0.25) is 0 Å². The first kappa shape index (κ1) is 17.5. The van der Waals surface area contributed by atoms with E-state index in [9.17, 15) is 5.11 Å². The van der Waals surface area contributed by atoms with Crippen molar-refractivity contribution in [3.8, 4) is 0 Å². The summed E-state index contributed by atoms with van der Waals surface area (Å²) in [5.74, 6) is 0.364. The first-order valence-electron chi connectivity index (χ1n) is 7.71. The molecule has 0 saturated heterocycles. The summed E-state index contributed by atoms with van der Waals surface area (Å²) in [6.07, 6.45) is 4.44. The Kier molecular flexibility index (Phi) is 7.01. The Bertz CT molecular complexity index is 380. The second-order valence-corrected chi connectivity index (χ2v) is 5.72. The second kappa shape index (κ2) is 8.02. The van der Waals surface area contributed by atoms with E-state index in [0.29, 0.717) is 5.92 Å². The molecule has 0 radical (unpaired) electrons. The molecule has 1 fully saturated rings. The zero-order chi connectivity index (χ0) is 13.7. The molecule has 20 heavy (non-hydrogen) atoms. The average molecular weight is 298 g/mol. The molecule has 1 saturated carbocycles. The molecule has 0 heterocycles. The van der Waals surface area contributed by atoms with Crippen molar-refractivity contribution in [3.63, 3.8) is 0 Å². The van der Waals surface area contributed by atoms with Gasteiger partial charge in [-0.2, -0.15) is 0 Å². The molecule has 0 aromatic heterocycles. The molecular formula is C17H28ClNO. The van der Waals surface area contributed by atoms with Gasteiger partial charge in [-0.3, -0.25) is 0 Å². The van der Waals surface area contributed by atoms with Crippen molar-refractivity contribution in [3.05, 3.63) is 35.9 Å². The average Bonchev–Trinajstić information content (AvgIpc) is 2.47. The van der Waals surface area contributed by atoms with E-state index in [4.69, 9.17) is 0 Å². The summed E-state index contributed by atoms with van der Waals surface area (Å²) in [6, 6.07) is 10.3. The number of rotatable bonds is 5. The van der Waals surface area contributed by atoms with Crippen LogP contribution in [0, 0.1) is 5.92 Å². The molecular weight excluding hydrogens is 270 g/mol. The Morgan fingerprint density at radius 1 is 1.15 bits per heavy atom. The minimum atomic E-state index is -0.623. The zero-order valence-corrected chi connectivity index (χ0v) is 13.5. The number of hydrogen-bond donors (Lipinski definition) is 1. The van der Waals surface area contributed by atoms with Gasteiger partial charge < -0.3 is 10.0 Å². The molecule has 114 valence electrons. The van der Waals surface area contributed by atoms with Gasteiger partial charge in [0.15, 0.2) is 0 Å². The number of aliphatic hydroxyl groups is 1. The molecule has 1 aliphatic carbocycles. The van der Waals surface area contributed by atoms with Crippen LogP contribution in [0.3, 0.4) is 0 Å². The Balaban J connectivity index is 0.00000200. The molecule has 2 atom stereocenters. The first-order valence-corrected chi connectivity index (χ1v) is 7.71. The van der Waals surface area contributed by atoms with Crippen LogP contribution >= 0.6 is 12.4 Å². The van der Waals surface area contributed by atoms with Crippen LogP contribution in [0.2, 0.25) is 0 Å². The number of hydrogen-bond acceptors (Lipinski definition) is 2. The van der Waals surface area contributed by atoms with Gasteiger partial charge in [-0.05, 0) is 31.5 Å². The monoisotopic (exact) mass is 297 g/mol. The van der Waals surface area contributed by atoms with E-state index in [1.807, 2.05) is 18.2 Å². The molecule has 0 bridgehead atoms. The molecule has 1 aromatic carbocycles. The maximum Gasteiger partial charge on any atom is 0.0936 e. The summed E-state index contributed by atoms with van der Waals surface area (Å²) in [7, 11) is 0. The standard InChI is InChI=1S/C17H27NO.ClH/c1-3-18(4-2)14-16-12-8-9-13-17(16,19)15-10-6-5-7-11-15;/h5-7,10-11,16,19H,3-4,8-9,12-14H2,1-2H3;1H. The Labute approximate surface area is 129 Å². The lowest BCUT2D eigenvalue weighted by Gasteiger charge is -2.42. The van der Waals surface area contributed by atoms with Gasteiger partial charge in [-0.25, -0.2) is 0 Å². The zero-order valence-electron chi connectivity index (χ0n) is 12.7. The molecule has 1 aromatic rings. The Morgan fingerprint density at radius 3 is 2.40 bits per heavy atom. The van der Waals surface area contributed by atoms with Crippen LogP contribution in [0.5, 0.6) is 0 Å². The minimum Gasteiger partial charge on any atom is -0.385 e. The number of halogens is 1. The van der Waals surface area contributed by atoms with Crippen LogP contribution in [0.25, 0.3) is 0 Å². The summed E-state index contributed by atoms with van der Waals surface area (Å²) < 4.78 is 0. The lowest BCUT2D eigenvalue weighted by atomic mass is 9.71. The third-order valence-corrected chi connectivity index (χ3v) is 4.68. The molecule has 2 nitrogen and oxygen atoms in total. The summed E-state index contributed by atoms with van der Waals surface area (Å²) in [5, 5.41) is 11.2. The first-order chi connectivity index (χ1) is 9.20. The van der Waals surface area contributed by atoms with Crippen LogP contribution < -0.4 is 0 Å². The van der Waals surface area contributed by atoms with E-state index in [1.165, 1.54) is 6.42 Å². The minimum absolute atomic E-state index is 0. The van der Waals surface area contributed by atoms with Crippen molar-refractivity contribution in [2.45, 2.75) is 45.1 Å². The molecule has 0 aliphatic heterocycles. The lowest BCUT2D eigenvalue weighted by Crippen LogP contribution is -2.44. The SMILES string of the molecule is CCN(CC)CC1CCCCC1(O)c1ccccc1.Cl. The predicted octanol–water partition coefficient (Wildman–Crippen LogP) is 3.83. The van der Waals surface area contributed by atoms with Gasteiger partial charge in [0.25, 0.3) is 0 Å². The van der Waals surface area contributed by atoms with Crippen molar-refractivity contribution < 1.29 is 5.11 Å². The van der Waals surface area contributed by atoms with Crippen LogP contribution in [-0.4, -0.2) is 29.6 Å². The van der Waals surface area contributed by atoms with Gasteiger partial charge in [-0.15, -0.1) is 12.4 Å². The topological polar surface area (TPSA) is 23.5 Å². The quantitative estimate of drug-likeness (QED) is 0.893. The van der Waals surface area contributed by atoms with Crippen molar-refractivity contribution >= 4 is 12.4 Å². The van der Waals surface area contributed by atoms with E-state index < -0.39 is 5.60 Å². The number of nitrogens with zero attached hydrogens (tertiary/aromatic N) is 1. The van der Waals surface area contributed by atoms with Crippen LogP contribution in [0.15, 0.2) is 30.3 Å². The Hall–Kier alpha value is -0.570. The van der Waals surface area contributed by atoms with Gasteiger partial charge in [0, 0.05) is 12.5 Å². The highest BCUT2D eigenvalue weighted by molar-refractivity contribution is 5.85. The van der Waals surface area contributed by atoms with Gasteiger partial charge in [0.05, 0.1) is 5.60 Å². The third-order valence-electron chi connectivity index (χ3n) is 4.68. The molecule has 0 amide bonds. The van der Waals surface area contributed by atoms with Crippen LogP contribution in [-0.2, 0) is 5.60 Å². The normalized spacial score (nSPS) is 26.3. The summed E-state index contributed by atoms with van der Waals surface area (Å²) in [6.45, 7) is 7.55. The summed E-state index contributed by atoms with van der Waals surface area (Å²) >= 11 is 0. The van der Waals surface area contributed by atoms with Gasteiger partial charge >= 0.3 is 0 Å². The van der Waals surface area contributed by atoms with Crippen molar-refractivity contribution in [2.24, 2.45) is 5.92 Å². The highest BCUT2D eigenvalue weighted by Gasteiger charge is 2.40. The van der Waals surface area contributed by atoms with Crippen molar-refractivity contribution in [1.29, 1.82) is 0 Å². The van der Waals surface area contributed by atoms with Crippen molar-refractivity contribution in [1.82, 2.24) is 4.90 Å². The highest BCUT2D eigenvalue weighted by Crippen LogP contribution is 2.41. The van der Waals surface area contributed by atoms with Crippen LogP contribution in [0.4, 0.5) is 0 Å². The molecule has 1 aliphatic rings. The molecule has 2 rings (SSSR count). The third kappa shape index (κ3) is 3.75. The maximum atomic E-state index is 11.2. The van der Waals surface area contributed by atoms with Crippen LogP contribution in [0.1, 0.15) is 45.1 Å². The molecule has 0 spiro atoms. The smallest absolute Gasteiger partial charge is 0.0936 e. The molecule has 2 unspecified atom stereocenters. The van der Waals surface area contributed by atoms with Crippen molar-refractivity contribution in [2.75, 3.05) is 19.6 Å². The summed E-state index contributed by atoms with van der Waals surface area (Å²) in [5.41, 5.74) is 0.481. The van der Waals surface area contributed by atoms with E-state index >= 15 is 0 Å². The maximum absolute atomic E-state index is 11.2. The Morgan fingerprint density at radius 2 is 1.80 bits per heavy atom. The van der Waals surface area contributed by atoms with E-state index in [1.54, 1.807) is 0 Å². The highest BCUT2D eigenvalue weighted by atomic mass is 35.5. The molecule has 1 N–H and O–H groups in total. The van der Waals surface area contributed by atoms with E-state index in [2.05, 4.69) is 30.9 Å². The molecule has 3 heteroatoms. The second-order valence-electron chi connectivity index (χ2n) is 5.72.